The molecule has 5 aromatic rings. The minimum Gasteiger partial charge on any atom is -0.494 e. The summed E-state index contributed by atoms with van der Waals surface area (Å²) in [5.74, 6) is -0.370. The van der Waals surface area contributed by atoms with Gasteiger partial charge in [-0.3, -0.25) is 9.97 Å². The number of aromatic hydroxyl groups is 1. The van der Waals surface area contributed by atoms with Crippen LogP contribution in [0.4, 0.5) is 4.39 Å². The van der Waals surface area contributed by atoms with Crippen molar-refractivity contribution in [3.63, 3.8) is 0 Å². The number of halogens is 1. The summed E-state index contributed by atoms with van der Waals surface area (Å²) in [6.07, 6.45) is 10.7. The van der Waals surface area contributed by atoms with Crippen molar-refractivity contribution in [2.24, 2.45) is 0 Å². The quantitative estimate of drug-likeness (QED) is 0.520. The van der Waals surface area contributed by atoms with Gasteiger partial charge in [-0.1, -0.05) is 6.07 Å². The van der Waals surface area contributed by atoms with E-state index < -0.39 is 5.82 Å². The normalized spacial score (nSPS) is 11.5. The molecule has 6 nitrogen and oxygen atoms in total. The molecule has 5 rings (SSSR count). The van der Waals surface area contributed by atoms with Gasteiger partial charge in [-0.15, -0.1) is 0 Å². The summed E-state index contributed by atoms with van der Waals surface area (Å²) in [4.78, 5) is 12.7. The molecule has 28 heavy (non-hydrogen) atoms. The van der Waals surface area contributed by atoms with E-state index in [1.165, 1.54) is 12.4 Å². The largest absolute Gasteiger partial charge is 0.494 e. The molecule has 5 heterocycles. The van der Waals surface area contributed by atoms with E-state index >= 15 is 0 Å². The van der Waals surface area contributed by atoms with Gasteiger partial charge in [0.1, 0.15) is 11.5 Å². The van der Waals surface area contributed by atoms with Crippen LogP contribution in [-0.2, 0) is 13.0 Å². The summed E-state index contributed by atoms with van der Waals surface area (Å²) in [5, 5.41) is 11.3. The van der Waals surface area contributed by atoms with Crippen LogP contribution in [0, 0.1) is 5.82 Å². The number of rotatable bonds is 4. The average Bonchev–Trinajstić information content (AvgIpc) is 3.27. The van der Waals surface area contributed by atoms with Crippen LogP contribution in [0.2, 0.25) is 0 Å². The van der Waals surface area contributed by atoms with E-state index in [0.29, 0.717) is 35.0 Å². The Kier molecular flexibility index (Phi) is 3.79. The number of aryl methyl sites for hydroxylation is 2. The van der Waals surface area contributed by atoms with E-state index in [1.54, 1.807) is 29.1 Å². The van der Waals surface area contributed by atoms with Crippen LogP contribution >= 0.6 is 0 Å². The number of hydrogen-bond acceptors (Lipinski definition) is 4. The van der Waals surface area contributed by atoms with Crippen LogP contribution < -0.4 is 0 Å². The molecule has 0 fully saturated rings. The SMILES string of the molecule is Oc1c2c(-c3ccncc3F)ccnc2cn1CCc1cn2ccccc2n1. The van der Waals surface area contributed by atoms with Crippen LogP contribution in [0.5, 0.6) is 5.88 Å². The number of imidazole rings is 1. The van der Waals surface area contributed by atoms with E-state index in [9.17, 15) is 9.50 Å². The summed E-state index contributed by atoms with van der Waals surface area (Å²) < 4.78 is 17.9. The van der Waals surface area contributed by atoms with Crippen molar-refractivity contribution in [1.29, 1.82) is 0 Å². The lowest BCUT2D eigenvalue weighted by molar-refractivity contribution is 0.422. The zero-order valence-electron chi connectivity index (χ0n) is 14.8. The maximum Gasteiger partial charge on any atom is 0.201 e. The van der Waals surface area contributed by atoms with Gasteiger partial charge in [0.2, 0.25) is 5.88 Å². The molecule has 0 atom stereocenters. The van der Waals surface area contributed by atoms with Crippen molar-refractivity contribution < 1.29 is 9.50 Å². The van der Waals surface area contributed by atoms with Crippen LogP contribution in [0.3, 0.4) is 0 Å². The molecule has 0 spiro atoms. The zero-order valence-corrected chi connectivity index (χ0v) is 14.8. The summed E-state index contributed by atoms with van der Waals surface area (Å²) in [7, 11) is 0. The van der Waals surface area contributed by atoms with Gasteiger partial charge in [-0.2, -0.15) is 0 Å². The van der Waals surface area contributed by atoms with Crippen molar-refractivity contribution in [3.8, 4) is 17.0 Å². The molecule has 0 bridgehead atoms. The second kappa shape index (κ2) is 6.45. The maximum atomic E-state index is 14.2. The summed E-state index contributed by atoms with van der Waals surface area (Å²) in [6, 6.07) is 9.14. The lowest BCUT2D eigenvalue weighted by Gasteiger charge is -2.06. The Morgan fingerprint density at radius 3 is 2.79 bits per heavy atom. The van der Waals surface area contributed by atoms with Gasteiger partial charge >= 0.3 is 0 Å². The number of aromatic nitrogens is 5. The lowest BCUT2D eigenvalue weighted by Crippen LogP contribution is -1.99. The molecule has 7 heteroatoms. The fourth-order valence-electron chi connectivity index (χ4n) is 3.49. The molecular formula is C21H16FN5O. The van der Waals surface area contributed by atoms with E-state index in [1.807, 2.05) is 35.0 Å². The fourth-order valence-corrected chi connectivity index (χ4v) is 3.49. The highest BCUT2D eigenvalue weighted by molar-refractivity contribution is 5.98. The van der Waals surface area contributed by atoms with Crippen LogP contribution in [0.1, 0.15) is 5.69 Å². The number of hydrogen-bond donors (Lipinski definition) is 1. The Morgan fingerprint density at radius 1 is 1.04 bits per heavy atom. The first-order chi connectivity index (χ1) is 13.7. The van der Waals surface area contributed by atoms with Crippen molar-refractivity contribution >= 4 is 16.6 Å². The Balaban J connectivity index is 1.51. The molecule has 0 aromatic carbocycles. The van der Waals surface area contributed by atoms with Gasteiger partial charge in [0, 0.05) is 55.1 Å². The molecule has 1 N–H and O–H groups in total. The van der Waals surface area contributed by atoms with Crippen molar-refractivity contribution in [3.05, 3.63) is 79.0 Å². The molecule has 0 amide bonds. The topological polar surface area (TPSA) is 68.2 Å². The zero-order chi connectivity index (χ0) is 19.1. The Labute approximate surface area is 159 Å². The highest BCUT2D eigenvalue weighted by Gasteiger charge is 2.17. The molecular weight excluding hydrogens is 357 g/mol. The van der Waals surface area contributed by atoms with E-state index in [-0.39, 0.29) is 5.88 Å². The molecule has 138 valence electrons. The van der Waals surface area contributed by atoms with Gasteiger partial charge in [0.05, 0.1) is 22.8 Å². The van der Waals surface area contributed by atoms with Gasteiger partial charge in [-0.25, -0.2) is 9.37 Å². The molecule has 5 aromatic heterocycles. The third-order valence-electron chi connectivity index (χ3n) is 4.84. The van der Waals surface area contributed by atoms with E-state index in [2.05, 4.69) is 15.0 Å². The van der Waals surface area contributed by atoms with Crippen LogP contribution in [0.25, 0.3) is 27.7 Å². The minimum atomic E-state index is -0.438. The van der Waals surface area contributed by atoms with Crippen molar-refractivity contribution in [2.75, 3.05) is 0 Å². The molecule has 0 radical (unpaired) electrons. The first kappa shape index (κ1) is 16.4. The molecule has 0 saturated heterocycles. The van der Waals surface area contributed by atoms with Gasteiger partial charge in [-0.05, 0) is 24.3 Å². The Bertz CT molecular complexity index is 1270. The maximum absolute atomic E-state index is 14.2. The smallest absolute Gasteiger partial charge is 0.201 e. The Hall–Kier alpha value is -3.74. The number of fused-ring (bicyclic) bond motifs is 2. The van der Waals surface area contributed by atoms with Crippen molar-refractivity contribution in [1.82, 2.24) is 23.9 Å². The minimum absolute atomic E-state index is 0.0677. The molecule has 0 unspecified atom stereocenters. The second-order valence-corrected chi connectivity index (χ2v) is 6.57. The summed E-state index contributed by atoms with van der Waals surface area (Å²) in [6.45, 7) is 0.532. The fraction of sp³-hybridized carbons (Fsp3) is 0.0952. The van der Waals surface area contributed by atoms with E-state index in [0.717, 1.165) is 11.3 Å². The number of nitrogens with zero attached hydrogens (tertiary/aromatic N) is 5. The standard InChI is InChI=1S/C21H16FN5O/c22-17-11-23-7-4-15(17)16-5-8-24-18-13-27(21(28)20(16)18)10-6-14-12-26-9-2-1-3-19(26)25-14/h1-5,7-9,11-13,28H,6,10H2. The molecule has 0 aliphatic rings. The van der Waals surface area contributed by atoms with Crippen molar-refractivity contribution in [2.45, 2.75) is 13.0 Å². The highest BCUT2D eigenvalue weighted by atomic mass is 19.1. The van der Waals surface area contributed by atoms with E-state index in [4.69, 9.17) is 0 Å². The Morgan fingerprint density at radius 2 is 1.93 bits per heavy atom. The lowest BCUT2D eigenvalue weighted by atomic mass is 10.0. The van der Waals surface area contributed by atoms with Gasteiger partial charge in [0.25, 0.3) is 0 Å². The highest BCUT2D eigenvalue weighted by Crippen LogP contribution is 2.36. The molecule has 0 aliphatic carbocycles. The van der Waals surface area contributed by atoms with Gasteiger partial charge < -0.3 is 14.1 Å². The van der Waals surface area contributed by atoms with Gasteiger partial charge in [0.15, 0.2) is 0 Å². The summed E-state index contributed by atoms with van der Waals surface area (Å²) in [5.41, 5.74) is 3.40. The first-order valence-electron chi connectivity index (χ1n) is 8.90. The third-order valence-corrected chi connectivity index (χ3v) is 4.84. The first-order valence-corrected chi connectivity index (χ1v) is 8.90. The number of pyridine rings is 3. The molecule has 0 saturated carbocycles. The van der Waals surface area contributed by atoms with Crippen LogP contribution in [0.15, 0.2) is 67.5 Å². The van der Waals surface area contributed by atoms with Crippen LogP contribution in [-0.4, -0.2) is 29.0 Å². The molecule has 0 aliphatic heterocycles. The second-order valence-electron chi connectivity index (χ2n) is 6.57. The average molecular weight is 373 g/mol. The monoisotopic (exact) mass is 373 g/mol. The summed E-state index contributed by atoms with van der Waals surface area (Å²) >= 11 is 0. The predicted molar refractivity (Wildman–Crippen MR) is 103 cm³/mol. The predicted octanol–water partition coefficient (Wildman–Crippen LogP) is 3.83. The third kappa shape index (κ3) is 2.68.